The predicted molar refractivity (Wildman–Crippen MR) is 93.3 cm³/mol. The molecule has 0 aromatic heterocycles. The molecule has 0 radical (unpaired) electrons. The Morgan fingerprint density at radius 1 is 1.28 bits per heavy atom. The Kier molecular flexibility index (Phi) is 6.21. The largest absolute Gasteiger partial charge is 0.477 e. The lowest BCUT2D eigenvalue weighted by molar-refractivity contribution is -0.129. The molecule has 4 amide bonds. The number of rotatable bonds is 6. The maximum Gasteiger partial charge on any atom is 0.318 e. The molecule has 25 heavy (non-hydrogen) atoms. The molecule has 1 atom stereocenters. The van der Waals surface area contributed by atoms with Crippen LogP contribution < -0.4 is 26.0 Å². The lowest BCUT2D eigenvalue weighted by Crippen LogP contribution is -2.53. The summed E-state index contributed by atoms with van der Waals surface area (Å²) in [7, 11) is 0. The third-order valence-corrected chi connectivity index (χ3v) is 4.08. The van der Waals surface area contributed by atoms with E-state index in [9.17, 15) is 14.4 Å². The number of hydrogen-bond acceptors (Lipinski definition) is 5. The smallest absolute Gasteiger partial charge is 0.318 e. The van der Waals surface area contributed by atoms with Crippen LogP contribution in [0.1, 0.15) is 26.7 Å². The first-order valence-electron chi connectivity index (χ1n) is 8.34. The van der Waals surface area contributed by atoms with Crippen molar-refractivity contribution in [3.63, 3.8) is 0 Å². The molecule has 1 aliphatic rings. The lowest BCUT2D eigenvalue weighted by Gasteiger charge is -2.35. The van der Waals surface area contributed by atoms with Crippen molar-refractivity contribution in [2.75, 3.05) is 18.0 Å². The zero-order chi connectivity index (χ0) is 18.4. The summed E-state index contributed by atoms with van der Waals surface area (Å²) in [4.78, 5) is 36.9. The van der Waals surface area contributed by atoms with E-state index in [2.05, 4.69) is 5.32 Å². The molecular formula is C17H24N4O4. The molecule has 1 aliphatic heterocycles. The monoisotopic (exact) mass is 348 g/mol. The van der Waals surface area contributed by atoms with Gasteiger partial charge >= 0.3 is 6.03 Å². The van der Waals surface area contributed by atoms with Crippen LogP contribution in [-0.2, 0) is 9.59 Å². The van der Waals surface area contributed by atoms with Gasteiger partial charge in [-0.3, -0.25) is 14.9 Å². The highest BCUT2D eigenvalue weighted by molar-refractivity contribution is 5.96. The number of para-hydroxylation sites is 2. The summed E-state index contributed by atoms with van der Waals surface area (Å²) in [6.07, 6.45) is 0.920. The first-order valence-corrected chi connectivity index (χ1v) is 8.34. The second-order valence-corrected chi connectivity index (χ2v) is 5.89. The summed E-state index contributed by atoms with van der Waals surface area (Å²) < 4.78 is 5.80. The van der Waals surface area contributed by atoms with Crippen molar-refractivity contribution in [3.8, 4) is 5.75 Å². The number of hydrogen-bond donors (Lipinski definition) is 3. The number of amides is 4. The summed E-state index contributed by atoms with van der Waals surface area (Å²) in [5.41, 5.74) is 5.66. The number of benzene rings is 1. The molecule has 8 heteroatoms. The minimum absolute atomic E-state index is 0.0832. The summed E-state index contributed by atoms with van der Waals surface area (Å²) in [6.45, 7) is 4.12. The second kappa shape index (κ2) is 8.36. The number of imide groups is 1. The molecule has 8 nitrogen and oxygen atoms in total. The fourth-order valence-corrected chi connectivity index (χ4v) is 2.73. The molecule has 0 saturated carbocycles. The van der Waals surface area contributed by atoms with Crippen molar-refractivity contribution < 1.29 is 19.1 Å². The van der Waals surface area contributed by atoms with Crippen molar-refractivity contribution in [2.24, 2.45) is 5.73 Å². The Hall–Kier alpha value is -2.77. The molecule has 4 N–H and O–H groups in total. The van der Waals surface area contributed by atoms with E-state index in [0.717, 1.165) is 12.8 Å². The molecule has 0 fully saturated rings. The zero-order valence-electron chi connectivity index (χ0n) is 14.5. The van der Waals surface area contributed by atoms with Gasteiger partial charge in [-0.05, 0) is 25.0 Å². The van der Waals surface area contributed by atoms with E-state index in [1.165, 1.54) is 0 Å². The van der Waals surface area contributed by atoms with Crippen molar-refractivity contribution in [1.29, 1.82) is 0 Å². The van der Waals surface area contributed by atoms with E-state index in [4.69, 9.17) is 10.5 Å². The van der Waals surface area contributed by atoms with Gasteiger partial charge in [0.2, 0.25) is 5.91 Å². The van der Waals surface area contributed by atoms with Crippen LogP contribution in [0.15, 0.2) is 24.3 Å². The predicted octanol–water partition coefficient (Wildman–Crippen LogP) is 0.754. The second-order valence-electron chi connectivity index (χ2n) is 5.89. The minimum Gasteiger partial charge on any atom is -0.477 e. The molecule has 1 aromatic rings. The van der Waals surface area contributed by atoms with Crippen molar-refractivity contribution in [1.82, 2.24) is 10.6 Å². The summed E-state index contributed by atoms with van der Waals surface area (Å²) in [6, 6.07) is 6.31. The summed E-state index contributed by atoms with van der Waals surface area (Å²) in [5, 5.41) is 4.99. The molecule has 1 aromatic carbocycles. The van der Waals surface area contributed by atoms with Gasteiger partial charge in [0.1, 0.15) is 5.75 Å². The summed E-state index contributed by atoms with van der Waals surface area (Å²) >= 11 is 0. The highest BCUT2D eigenvalue weighted by Crippen LogP contribution is 2.32. The SMILES string of the molecule is CCC(CC)NC(=O)C1CN(CC(=O)NC(N)=O)c2ccccc2O1. The van der Waals surface area contributed by atoms with Crippen molar-refractivity contribution >= 4 is 23.5 Å². The van der Waals surface area contributed by atoms with Crippen LogP contribution in [0.4, 0.5) is 10.5 Å². The van der Waals surface area contributed by atoms with Gasteiger partial charge in [-0.2, -0.15) is 0 Å². The molecule has 0 saturated heterocycles. The highest BCUT2D eigenvalue weighted by Gasteiger charge is 2.32. The fourth-order valence-electron chi connectivity index (χ4n) is 2.73. The van der Waals surface area contributed by atoms with Gasteiger partial charge in [0.05, 0.1) is 18.8 Å². The van der Waals surface area contributed by atoms with Crippen molar-refractivity contribution in [3.05, 3.63) is 24.3 Å². The zero-order valence-corrected chi connectivity index (χ0v) is 14.5. The number of nitrogens with one attached hydrogen (secondary N) is 2. The molecule has 1 unspecified atom stereocenters. The average Bonchev–Trinajstić information content (AvgIpc) is 2.58. The highest BCUT2D eigenvalue weighted by atomic mass is 16.5. The lowest BCUT2D eigenvalue weighted by atomic mass is 10.1. The van der Waals surface area contributed by atoms with Gasteiger partial charge in [0, 0.05) is 6.04 Å². The minimum atomic E-state index is -0.908. The third kappa shape index (κ3) is 4.85. The van der Waals surface area contributed by atoms with Gasteiger partial charge in [0.25, 0.3) is 5.91 Å². The average molecular weight is 348 g/mol. The van der Waals surface area contributed by atoms with Crippen LogP contribution in [0.3, 0.4) is 0 Å². The number of primary amides is 1. The van der Waals surface area contributed by atoms with E-state index >= 15 is 0 Å². The van der Waals surface area contributed by atoms with E-state index in [-0.39, 0.29) is 25.0 Å². The van der Waals surface area contributed by atoms with Gasteiger partial charge in [0.15, 0.2) is 6.10 Å². The number of carbonyl (C=O) groups excluding carboxylic acids is 3. The maximum absolute atomic E-state index is 12.5. The van der Waals surface area contributed by atoms with Crippen LogP contribution in [-0.4, -0.2) is 43.1 Å². The molecular weight excluding hydrogens is 324 g/mol. The van der Waals surface area contributed by atoms with Gasteiger partial charge in [-0.1, -0.05) is 26.0 Å². The summed E-state index contributed by atoms with van der Waals surface area (Å²) in [5.74, 6) is -0.239. The molecule has 2 rings (SSSR count). The van der Waals surface area contributed by atoms with Crippen LogP contribution >= 0.6 is 0 Å². The van der Waals surface area contributed by atoms with Crippen molar-refractivity contribution in [2.45, 2.75) is 38.8 Å². The number of carbonyl (C=O) groups is 3. The number of urea groups is 1. The number of nitrogens with zero attached hydrogens (tertiary/aromatic N) is 1. The Morgan fingerprint density at radius 3 is 2.60 bits per heavy atom. The number of fused-ring (bicyclic) bond motifs is 1. The van der Waals surface area contributed by atoms with E-state index < -0.39 is 18.0 Å². The van der Waals surface area contributed by atoms with Crippen LogP contribution in [0, 0.1) is 0 Å². The topological polar surface area (TPSA) is 114 Å². The van der Waals surface area contributed by atoms with E-state index in [0.29, 0.717) is 11.4 Å². The maximum atomic E-state index is 12.5. The first kappa shape index (κ1) is 18.6. The Bertz CT molecular complexity index is 645. The quantitative estimate of drug-likeness (QED) is 0.702. The van der Waals surface area contributed by atoms with Gasteiger partial charge in [-0.25, -0.2) is 4.79 Å². The molecule has 0 spiro atoms. The Morgan fingerprint density at radius 2 is 1.96 bits per heavy atom. The normalized spacial score (nSPS) is 16.0. The number of nitrogens with two attached hydrogens (primary N) is 1. The van der Waals surface area contributed by atoms with Crippen LogP contribution in [0.25, 0.3) is 0 Å². The van der Waals surface area contributed by atoms with E-state index in [1.54, 1.807) is 23.1 Å². The number of anilines is 1. The third-order valence-electron chi connectivity index (χ3n) is 4.08. The molecule has 0 bridgehead atoms. The standard InChI is InChI=1S/C17H24N4O4/c1-3-11(4-2)19-16(23)14-9-21(10-15(22)20-17(18)24)12-7-5-6-8-13(12)25-14/h5-8,11,14H,3-4,9-10H2,1-2H3,(H,19,23)(H3,18,20,22,24). The van der Waals surface area contributed by atoms with E-state index in [1.807, 2.05) is 25.2 Å². The number of ether oxygens (including phenoxy) is 1. The van der Waals surface area contributed by atoms with Crippen LogP contribution in [0.5, 0.6) is 5.75 Å². The molecule has 136 valence electrons. The Labute approximate surface area is 146 Å². The fraction of sp³-hybridized carbons (Fsp3) is 0.471. The molecule has 1 heterocycles. The first-order chi connectivity index (χ1) is 11.9. The van der Waals surface area contributed by atoms with Crippen LogP contribution in [0.2, 0.25) is 0 Å². The Balaban J connectivity index is 2.14. The van der Waals surface area contributed by atoms with Gasteiger partial charge in [-0.15, -0.1) is 0 Å². The van der Waals surface area contributed by atoms with Gasteiger partial charge < -0.3 is 20.7 Å². The molecule has 0 aliphatic carbocycles.